The Bertz CT molecular complexity index is 682. The van der Waals surface area contributed by atoms with Crippen molar-refractivity contribution in [2.75, 3.05) is 0 Å². The Hall–Kier alpha value is -0.830. The van der Waals surface area contributed by atoms with Crippen LogP contribution in [0.4, 0.5) is 0 Å². The molecule has 0 N–H and O–H groups in total. The molecule has 0 radical (unpaired) electrons. The number of benzene rings is 2. The van der Waals surface area contributed by atoms with Crippen molar-refractivity contribution in [3.05, 3.63) is 56.7 Å². The van der Waals surface area contributed by atoms with Crippen LogP contribution in [0.5, 0.6) is 0 Å². The summed E-state index contributed by atoms with van der Waals surface area (Å²) in [6.45, 7) is 9.35. The third-order valence-electron chi connectivity index (χ3n) is 4.55. The number of fused-ring (bicyclic) bond motifs is 3. The van der Waals surface area contributed by atoms with E-state index in [-0.39, 0.29) is 21.2 Å². The van der Waals surface area contributed by atoms with Gasteiger partial charge >= 0.3 is 146 Å². The average Bonchev–Trinajstić information content (AvgIpc) is 2.46. The Balaban J connectivity index is 2.01. The normalized spacial score (nSPS) is 15.6. The summed E-state index contributed by atoms with van der Waals surface area (Å²) >= 11 is 0.0132. The number of aryl methyl sites for hydroxylation is 2. The fraction of sp³-hybridized carbons (Fsp3) is 0.429. The van der Waals surface area contributed by atoms with Crippen molar-refractivity contribution in [3.8, 4) is 11.1 Å². The molecule has 0 spiro atoms. The molecule has 0 saturated carbocycles. The van der Waals surface area contributed by atoms with Crippen molar-refractivity contribution in [2.45, 2.75) is 56.8 Å². The van der Waals surface area contributed by atoms with Crippen molar-refractivity contribution in [2.24, 2.45) is 0 Å². The van der Waals surface area contributed by atoms with Gasteiger partial charge in [-0.25, -0.2) is 0 Å². The van der Waals surface area contributed by atoms with Crippen LogP contribution in [-0.4, -0.2) is 0 Å². The van der Waals surface area contributed by atoms with Crippen molar-refractivity contribution in [3.63, 3.8) is 0 Å². The van der Waals surface area contributed by atoms with E-state index in [0.717, 1.165) is 0 Å². The topological polar surface area (TPSA) is 0 Å². The molecule has 0 unspecified atom stereocenters. The summed E-state index contributed by atoms with van der Waals surface area (Å²) in [7, 11) is 0. The van der Waals surface area contributed by atoms with Gasteiger partial charge in [0.05, 0.1) is 0 Å². The zero-order chi connectivity index (χ0) is 15.7. The van der Waals surface area contributed by atoms with Crippen LogP contribution >= 0.6 is 0 Å². The molecule has 1 aliphatic rings. The quantitative estimate of drug-likeness (QED) is 0.417. The Morgan fingerprint density at radius 3 is 2.55 bits per heavy atom. The van der Waals surface area contributed by atoms with Crippen LogP contribution in [0.3, 0.4) is 0 Å². The number of hydrogen-bond donors (Lipinski definition) is 0. The van der Waals surface area contributed by atoms with Gasteiger partial charge in [-0.15, -0.1) is 0 Å². The third-order valence-corrected chi connectivity index (χ3v) is 7.95. The fourth-order valence-electron chi connectivity index (χ4n) is 3.29. The molecule has 0 aromatic heterocycles. The molecule has 0 fully saturated rings. The molecule has 118 valence electrons. The first-order valence-electron chi connectivity index (χ1n) is 8.41. The van der Waals surface area contributed by atoms with E-state index in [2.05, 4.69) is 64.1 Å². The van der Waals surface area contributed by atoms with Gasteiger partial charge in [-0.3, -0.25) is 0 Å². The molecule has 2 aromatic rings. The minimum absolute atomic E-state index is 0.0132. The molecule has 3 rings (SSSR count). The van der Waals surface area contributed by atoms with Crippen molar-refractivity contribution < 1.29 is 21.2 Å². The molecule has 0 bridgehead atoms. The van der Waals surface area contributed by atoms with Crippen molar-refractivity contribution in [1.29, 1.82) is 0 Å². The number of hydrogen-bond acceptors (Lipinski definition) is 0. The Kier molecular flexibility index (Phi) is 4.63. The Morgan fingerprint density at radius 1 is 0.955 bits per heavy atom. The molecule has 0 atom stereocenters. The predicted octanol–water partition coefficient (Wildman–Crippen LogP) is 2.90. The van der Waals surface area contributed by atoms with E-state index >= 15 is 0 Å². The van der Waals surface area contributed by atoms with Gasteiger partial charge in [-0.1, -0.05) is 0 Å². The molecule has 22 heavy (non-hydrogen) atoms. The molecule has 0 aliphatic carbocycles. The van der Waals surface area contributed by atoms with Crippen LogP contribution in [0.2, 0.25) is 0 Å². The summed E-state index contributed by atoms with van der Waals surface area (Å²) in [5, 5.41) is 0. The van der Waals surface area contributed by atoms with Gasteiger partial charge in [-0.2, -0.15) is 0 Å². The van der Waals surface area contributed by atoms with E-state index in [9.17, 15) is 0 Å². The first-order chi connectivity index (χ1) is 10.5. The van der Waals surface area contributed by atoms with Crippen LogP contribution < -0.4 is 21.2 Å². The minimum atomic E-state index is 0.0132. The summed E-state index contributed by atoms with van der Waals surface area (Å²) in [5.41, 5.74) is 7.44. The summed E-state index contributed by atoms with van der Waals surface area (Å²) in [6, 6.07) is 14.3. The first-order valence-corrected chi connectivity index (χ1v) is 10.6. The van der Waals surface area contributed by atoms with Crippen LogP contribution in [0.15, 0.2) is 36.4 Å². The van der Waals surface area contributed by atoms with Gasteiger partial charge in [0.1, 0.15) is 0 Å². The average molecular weight is 405 g/mol. The van der Waals surface area contributed by atoms with Crippen LogP contribution in [0.25, 0.3) is 11.1 Å². The van der Waals surface area contributed by atoms with Crippen LogP contribution in [0.1, 0.15) is 56.7 Å². The maximum atomic E-state index is 2.52. The maximum absolute atomic E-state index is 2.52. The number of alkyl halides is 1. The van der Waals surface area contributed by atoms with E-state index < -0.39 is 0 Å². The second-order valence-electron chi connectivity index (χ2n) is 6.89. The number of unbranched alkanes of at least 4 members (excludes halogenated alkanes) is 2. The molecule has 0 nitrogen and oxygen atoms in total. The Morgan fingerprint density at radius 2 is 1.77 bits per heavy atom. The number of halogens is 1. The standard InChI is InChI=1S/C21H26I/c1-5-6-7-8-16-10-11-17-18-13-15(2)9-12-19(18)21(3,4)22-20(17)14-16/h9-14H,5-8H2,1-4H3/q-1. The molecule has 1 heterocycles. The monoisotopic (exact) mass is 405 g/mol. The Labute approximate surface area is 145 Å². The van der Waals surface area contributed by atoms with Crippen LogP contribution in [-0.2, 0) is 9.84 Å². The number of rotatable bonds is 4. The van der Waals surface area contributed by atoms with E-state index in [1.54, 1.807) is 14.7 Å². The first kappa shape index (κ1) is 16.0. The molecule has 0 amide bonds. The fourth-order valence-corrected chi connectivity index (χ4v) is 6.82. The second-order valence-corrected chi connectivity index (χ2v) is 11.3. The molecular formula is C21H26I-. The molecule has 1 aliphatic heterocycles. The molecule has 1 heteroatoms. The molecule has 2 aromatic carbocycles. The second kappa shape index (κ2) is 6.35. The summed E-state index contributed by atoms with van der Waals surface area (Å²) in [6.07, 6.45) is 5.22. The zero-order valence-corrected chi connectivity index (χ0v) is 16.3. The van der Waals surface area contributed by atoms with Crippen LogP contribution in [0, 0.1) is 10.5 Å². The zero-order valence-electron chi connectivity index (χ0n) is 14.2. The third kappa shape index (κ3) is 3.10. The summed E-state index contributed by atoms with van der Waals surface area (Å²) < 4.78 is 1.99. The van der Waals surface area contributed by atoms with E-state index in [1.807, 2.05) is 0 Å². The van der Waals surface area contributed by atoms with Gasteiger partial charge in [-0.05, 0) is 0 Å². The SMILES string of the molecule is CCCCCc1ccc2c(c1)[I-]C(C)(C)c1ccc(C)cc1-2. The van der Waals surface area contributed by atoms with Gasteiger partial charge < -0.3 is 0 Å². The summed E-state index contributed by atoms with van der Waals surface area (Å²) in [4.78, 5) is 0. The van der Waals surface area contributed by atoms with E-state index in [1.165, 1.54) is 42.4 Å². The van der Waals surface area contributed by atoms with Gasteiger partial charge in [0.25, 0.3) is 0 Å². The van der Waals surface area contributed by atoms with Gasteiger partial charge in [0.2, 0.25) is 0 Å². The molecule has 0 saturated heterocycles. The van der Waals surface area contributed by atoms with E-state index in [4.69, 9.17) is 0 Å². The predicted molar refractivity (Wildman–Crippen MR) is 91.6 cm³/mol. The van der Waals surface area contributed by atoms with Gasteiger partial charge in [0, 0.05) is 0 Å². The van der Waals surface area contributed by atoms with Gasteiger partial charge in [0.15, 0.2) is 0 Å². The molecular weight excluding hydrogens is 379 g/mol. The van der Waals surface area contributed by atoms with E-state index in [0.29, 0.717) is 3.42 Å². The summed E-state index contributed by atoms with van der Waals surface area (Å²) in [5.74, 6) is 0. The van der Waals surface area contributed by atoms with Crippen molar-refractivity contribution >= 4 is 0 Å². The van der Waals surface area contributed by atoms with Crippen molar-refractivity contribution in [1.82, 2.24) is 0 Å².